The van der Waals surface area contributed by atoms with Crippen molar-refractivity contribution in [3.63, 3.8) is 0 Å². The van der Waals surface area contributed by atoms with E-state index in [0.717, 1.165) is 12.1 Å². The molecule has 2 N–H and O–H groups in total. The number of anilines is 2. The number of amides is 2. The van der Waals surface area contributed by atoms with E-state index in [1.54, 1.807) is 6.92 Å². The molecule has 1 saturated heterocycles. The summed E-state index contributed by atoms with van der Waals surface area (Å²) in [6.07, 6.45) is -4.77. The molecule has 1 fully saturated rings. The van der Waals surface area contributed by atoms with Gasteiger partial charge in [0.05, 0.1) is 12.6 Å². The van der Waals surface area contributed by atoms with Crippen molar-refractivity contribution in [2.75, 3.05) is 43.4 Å². The number of hydrogen-bond acceptors (Lipinski definition) is 5. The number of halogens is 4. The van der Waals surface area contributed by atoms with Crippen LogP contribution in [0, 0.1) is 5.82 Å². The lowest BCUT2D eigenvalue weighted by atomic mass is 10.2. The Morgan fingerprint density at radius 3 is 2.06 bits per heavy atom. The first kappa shape index (κ1) is 24.5. The normalized spacial score (nSPS) is 16.2. The van der Waals surface area contributed by atoms with Crippen LogP contribution >= 0.6 is 0 Å². The Morgan fingerprint density at radius 1 is 0.939 bits per heavy atom. The minimum absolute atomic E-state index is 0.179. The van der Waals surface area contributed by atoms with E-state index in [9.17, 15) is 27.2 Å². The zero-order valence-electron chi connectivity index (χ0n) is 17.9. The molecular weight excluding hydrogens is 444 g/mol. The average molecular weight is 468 g/mol. The van der Waals surface area contributed by atoms with Gasteiger partial charge in [-0.1, -0.05) is 0 Å². The summed E-state index contributed by atoms with van der Waals surface area (Å²) in [6.45, 7) is 4.22. The highest BCUT2D eigenvalue weighted by atomic mass is 19.4. The lowest BCUT2D eigenvalue weighted by molar-refractivity contribution is -0.274. The van der Waals surface area contributed by atoms with E-state index in [2.05, 4.69) is 15.4 Å². The average Bonchev–Trinajstić information content (AvgIpc) is 2.75. The molecule has 1 unspecified atom stereocenters. The summed E-state index contributed by atoms with van der Waals surface area (Å²) in [7, 11) is 0. The first-order valence-corrected chi connectivity index (χ1v) is 10.3. The first-order valence-electron chi connectivity index (χ1n) is 10.3. The monoisotopic (exact) mass is 468 g/mol. The van der Waals surface area contributed by atoms with Gasteiger partial charge in [0.15, 0.2) is 0 Å². The fourth-order valence-electron chi connectivity index (χ4n) is 3.40. The predicted octanol–water partition coefficient (Wildman–Crippen LogP) is 3.31. The molecule has 0 aromatic heterocycles. The molecule has 2 aromatic carbocycles. The lowest BCUT2D eigenvalue weighted by Crippen LogP contribution is -2.53. The molecule has 0 radical (unpaired) electrons. The first-order chi connectivity index (χ1) is 15.6. The molecule has 2 aromatic rings. The third-order valence-electron chi connectivity index (χ3n) is 5.18. The number of nitrogens with zero attached hydrogens (tertiary/aromatic N) is 2. The number of alkyl halides is 3. The van der Waals surface area contributed by atoms with Crippen LogP contribution in [0.25, 0.3) is 0 Å². The Kier molecular flexibility index (Phi) is 7.88. The fourth-order valence-corrected chi connectivity index (χ4v) is 3.40. The summed E-state index contributed by atoms with van der Waals surface area (Å²) < 4.78 is 53.5. The number of piperazine rings is 1. The van der Waals surface area contributed by atoms with Crippen LogP contribution in [-0.2, 0) is 9.59 Å². The van der Waals surface area contributed by atoms with Crippen molar-refractivity contribution in [1.29, 1.82) is 0 Å². The molecule has 2 amide bonds. The van der Waals surface area contributed by atoms with E-state index < -0.39 is 12.4 Å². The second kappa shape index (κ2) is 10.6. The molecule has 178 valence electrons. The van der Waals surface area contributed by atoms with Gasteiger partial charge in [-0.15, -0.1) is 13.2 Å². The second-order valence-electron chi connectivity index (χ2n) is 7.60. The highest BCUT2D eigenvalue weighted by Crippen LogP contribution is 2.24. The van der Waals surface area contributed by atoms with Crippen LogP contribution in [-0.4, -0.2) is 66.7 Å². The van der Waals surface area contributed by atoms with Crippen LogP contribution in [0.15, 0.2) is 48.5 Å². The van der Waals surface area contributed by atoms with Crippen LogP contribution in [0.5, 0.6) is 5.75 Å². The van der Waals surface area contributed by atoms with Gasteiger partial charge in [0.2, 0.25) is 11.8 Å². The van der Waals surface area contributed by atoms with Gasteiger partial charge in [-0.25, -0.2) is 4.39 Å². The number of carbonyl (C=O) groups is 2. The van der Waals surface area contributed by atoms with Crippen LogP contribution in [0.2, 0.25) is 0 Å². The van der Waals surface area contributed by atoms with Gasteiger partial charge < -0.3 is 15.4 Å². The van der Waals surface area contributed by atoms with Crippen LogP contribution < -0.4 is 15.4 Å². The SMILES string of the molecule is CC(C(=O)Nc1ccc(OC(F)(F)F)cc1)N1CCN(CC(=O)Nc2ccc(F)cc2)CC1. The number of nitrogens with one attached hydrogen (secondary N) is 2. The van der Waals surface area contributed by atoms with Gasteiger partial charge in [0.25, 0.3) is 0 Å². The Bertz CT molecular complexity index is 944. The van der Waals surface area contributed by atoms with Crippen molar-refractivity contribution in [3.05, 3.63) is 54.3 Å². The zero-order valence-corrected chi connectivity index (χ0v) is 17.9. The standard InChI is InChI=1S/C22H24F4N4O3/c1-15(21(32)28-18-6-8-19(9-7-18)33-22(24,25)26)30-12-10-29(11-13-30)14-20(31)27-17-4-2-16(23)3-5-17/h2-9,15H,10-14H2,1H3,(H,27,31)(H,28,32). The molecule has 0 spiro atoms. The van der Waals surface area contributed by atoms with E-state index in [1.165, 1.54) is 36.4 Å². The van der Waals surface area contributed by atoms with Crippen LogP contribution in [0.4, 0.5) is 28.9 Å². The van der Waals surface area contributed by atoms with Crippen molar-refractivity contribution >= 4 is 23.2 Å². The van der Waals surface area contributed by atoms with E-state index in [0.29, 0.717) is 37.6 Å². The molecule has 33 heavy (non-hydrogen) atoms. The highest BCUT2D eigenvalue weighted by molar-refractivity contribution is 5.94. The second-order valence-corrected chi connectivity index (χ2v) is 7.60. The molecular formula is C22H24F4N4O3. The summed E-state index contributed by atoms with van der Waals surface area (Å²) in [5, 5.41) is 5.40. The molecule has 1 atom stereocenters. The summed E-state index contributed by atoms with van der Waals surface area (Å²) >= 11 is 0. The molecule has 0 bridgehead atoms. The summed E-state index contributed by atoms with van der Waals surface area (Å²) in [4.78, 5) is 28.7. The largest absolute Gasteiger partial charge is 0.573 e. The van der Waals surface area contributed by atoms with Crippen LogP contribution in [0.3, 0.4) is 0 Å². The topological polar surface area (TPSA) is 73.9 Å². The maximum Gasteiger partial charge on any atom is 0.573 e. The Hall–Kier alpha value is -3.18. The number of rotatable bonds is 7. The summed E-state index contributed by atoms with van der Waals surface area (Å²) in [5.41, 5.74) is 0.876. The van der Waals surface area contributed by atoms with Crippen molar-refractivity contribution in [2.45, 2.75) is 19.3 Å². The highest BCUT2D eigenvalue weighted by Gasteiger charge is 2.31. The lowest BCUT2D eigenvalue weighted by Gasteiger charge is -2.37. The van der Waals surface area contributed by atoms with Crippen molar-refractivity contribution in [2.24, 2.45) is 0 Å². The minimum Gasteiger partial charge on any atom is -0.406 e. The molecule has 0 saturated carbocycles. The van der Waals surface area contributed by atoms with Gasteiger partial charge in [0.1, 0.15) is 11.6 Å². The number of carbonyl (C=O) groups excluding carboxylic acids is 2. The molecule has 3 rings (SSSR count). The van der Waals surface area contributed by atoms with E-state index >= 15 is 0 Å². The number of hydrogen-bond donors (Lipinski definition) is 2. The quantitative estimate of drug-likeness (QED) is 0.610. The van der Waals surface area contributed by atoms with Gasteiger partial charge >= 0.3 is 6.36 Å². The third kappa shape index (κ3) is 7.72. The Morgan fingerprint density at radius 2 is 1.48 bits per heavy atom. The van der Waals surface area contributed by atoms with Gasteiger partial charge in [-0.05, 0) is 55.5 Å². The number of ether oxygens (including phenoxy) is 1. The molecule has 11 heteroatoms. The molecule has 1 aliphatic heterocycles. The van der Waals surface area contributed by atoms with Crippen molar-refractivity contribution < 1.29 is 31.9 Å². The molecule has 1 heterocycles. The maximum absolute atomic E-state index is 13.0. The van der Waals surface area contributed by atoms with Crippen molar-refractivity contribution in [3.8, 4) is 5.75 Å². The van der Waals surface area contributed by atoms with Gasteiger partial charge in [0, 0.05) is 37.6 Å². The van der Waals surface area contributed by atoms with Gasteiger partial charge in [-0.3, -0.25) is 19.4 Å². The summed E-state index contributed by atoms with van der Waals surface area (Å²) in [6, 6.07) is 9.98. The summed E-state index contributed by atoms with van der Waals surface area (Å²) in [5.74, 6) is -1.25. The zero-order chi connectivity index (χ0) is 24.0. The van der Waals surface area contributed by atoms with Gasteiger partial charge in [-0.2, -0.15) is 0 Å². The smallest absolute Gasteiger partial charge is 0.406 e. The fraction of sp³-hybridized carbons (Fsp3) is 0.364. The number of benzene rings is 2. The molecule has 7 nitrogen and oxygen atoms in total. The van der Waals surface area contributed by atoms with Crippen LogP contribution in [0.1, 0.15) is 6.92 Å². The Labute approximate surface area is 188 Å². The molecule has 0 aliphatic carbocycles. The third-order valence-corrected chi connectivity index (χ3v) is 5.18. The van der Waals surface area contributed by atoms with Crippen molar-refractivity contribution in [1.82, 2.24) is 9.80 Å². The maximum atomic E-state index is 13.0. The Balaban J connectivity index is 1.42. The van der Waals surface area contributed by atoms with E-state index in [1.807, 2.05) is 9.80 Å². The predicted molar refractivity (Wildman–Crippen MR) is 114 cm³/mol. The molecule has 1 aliphatic rings. The van der Waals surface area contributed by atoms with E-state index in [-0.39, 0.29) is 29.9 Å². The minimum atomic E-state index is -4.77. The van der Waals surface area contributed by atoms with E-state index in [4.69, 9.17) is 0 Å².